The minimum absolute atomic E-state index is 0.501. The van der Waals surface area contributed by atoms with Gasteiger partial charge in [0.15, 0.2) is 0 Å². The van der Waals surface area contributed by atoms with E-state index >= 15 is 0 Å². The fraction of sp³-hybridized carbons (Fsp3) is 0.238. The maximum atomic E-state index is 5.90. The van der Waals surface area contributed by atoms with E-state index in [9.17, 15) is 0 Å². The molecule has 27 heavy (non-hydrogen) atoms. The number of anilines is 3. The van der Waals surface area contributed by atoms with Crippen molar-refractivity contribution < 1.29 is 4.74 Å². The van der Waals surface area contributed by atoms with Gasteiger partial charge in [0, 0.05) is 28.5 Å². The first-order valence-electron chi connectivity index (χ1n) is 9.01. The Bertz CT molecular complexity index is 908. The Morgan fingerprint density at radius 2 is 1.78 bits per heavy atom. The first kappa shape index (κ1) is 17.6. The molecule has 1 aliphatic carbocycles. The van der Waals surface area contributed by atoms with Crippen molar-refractivity contribution in [3.63, 3.8) is 0 Å². The topological polar surface area (TPSA) is 59.1 Å². The Hall–Kier alpha value is -2.79. The summed E-state index contributed by atoms with van der Waals surface area (Å²) < 4.78 is 5.81. The van der Waals surface area contributed by atoms with Crippen LogP contribution >= 0.6 is 11.6 Å². The third kappa shape index (κ3) is 5.11. The van der Waals surface area contributed by atoms with Crippen molar-refractivity contribution in [1.29, 1.82) is 0 Å². The lowest BCUT2D eigenvalue weighted by Gasteiger charge is -2.10. The summed E-state index contributed by atoms with van der Waals surface area (Å²) in [5, 5.41) is 7.39. The highest BCUT2D eigenvalue weighted by atomic mass is 35.5. The van der Waals surface area contributed by atoms with Crippen LogP contribution in [-0.4, -0.2) is 16.0 Å². The highest BCUT2D eigenvalue weighted by molar-refractivity contribution is 6.30. The largest absolute Gasteiger partial charge is 0.489 e. The first-order valence-corrected chi connectivity index (χ1v) is 9.38. The summed E-state index contributed by atoms with van der Waals surface area (Å²) in [5.41, 5.74) is 2.92. The monoisotopic (exact) mass is 380 g/mol. The van der Waals surface area contributed by atoms with Crippen molar-refractivity contribution in [3.05, 3.63) is 70.9 Å². The molecule has 138 valence electrons. The van der Waals surface area contributed by atoms with Gasteiger partial charge in [-0.05, 0) is 61.7 Å². The average Bonchev–Trinajstić information content (AvgIpc) is 3.46. The Balaban J connectivity index is 1.37. The molecule has 0 amide bonds. The number of rotatable bonds is 7. The van der Waals surface area contributed by atoms with E-state index in [1.54, 1.807) is 0 Å². The highest BCUT2D eigenvalue weighted by Gasteiger charge is 2.21. The van der Waals surface area contributed by atoms with E-state index in [0.29, 0.717) is 18.6 Å². The number of benzene rings is 2. The number of aromatic nitrogens is 2. The maximum absolute atomic E-state index is 5.90. The van der Waals surface area contributed by atoms with Crippen molar-refractivity contribution in [2.75, 3.05) is 10.6 Å². The van der Waals surface area contributed by atoms with Crippen LogP contribution < -0.4 is 15.4 Å². The Kier molecular flexibility index (Phi) is 5.12. The number of hydrogen-bond acceptors (Lipinski definition) is 5. The first-order chi connectivity index (χ1) is 13.1. The van der Waals surface area contributed by atoms with Crippen molar-refractivity contribution in [1.82, 2.24) is 9.97 Å². The zero-order chi connectivity index (χ0) is 18.6. The molecule has 1 aromatic heterocycles. The smallest absolute Gasteiger partial charge is 0.229 e. The molecule has 1 fully saturated rings. The van der Waals surface area contributed by atoms with Gasteiger partial charge in [-0.25, -0.2) is 4.98 Å². The van der Waals surface area contributed by atoms with Gasteiger partial charge in [-0.2, -0.15) is 4.98 Å². The van der Waals surface area contributed by atoms with Crippen LogP contribution in [0.1, 0.15) is 24.1 Å². The molecule has 0 radical (unpaired) electrons. The van der Waals surface area contributed by atoms with Gasteiger partial charge < -0.3 is 15.4 Å². The summed E-state index contributed by atoms with van der Waals surface area (Å²) in [6.45, 7) is 2.47. The van der Waals surface area contributed by atoms with E-state index in [1.807, 2.05) is 61.5 Å². The second kappa shape index (κ2) is 7.84. The number of nitrogens with zero attached hydrogens (tertiary/aromatic N) is 2. The van der Waals surface area contributed by atoms with Gasteiger partial charge in [0.05, 0.1) is 0 Å². The molecular weight excluding hydrogens is 360 g/mol. The number of ether oxygens (including phenoxy) is 1. The summed E-state index contributed by atoms with van der Waals surface area (Å²) in [6.07, 6.45) is 2.42. The van der Waals surface area contributed by atoms with Gasteiger partial charge in [0.1, 0.15) is 18.2 Å². The molecule has 6 heteroatoms. The average molecular weight is 381 g/mol. The van der Waals surface area contributed by atoms with Crippen molar-refractivity contribution in [2.24, 2.45) is 0 Å². The van der Waals surface area contributed by atoms with Crippen LogP contribution in [0.25, 0.3) is 0 Å². The molecule has 0 saturated heterocycles. The molecular formula is C21H21ClN4O. The highest BCUT2D eigenvalue weighted by Crippen LogP contribution is 2.25. The van der Waals surface area contributed by atoms with Crippen molar-refractivity contribution in [2.45, 2.75) is 32.4 Å². The molecule has 5 nitrogen and oxygen atoms in total. The van der Waals surface area contributed by atoms with Crippen LogP contribution in [0.15, 0.2) is 54.6 Å². The van der Waals surface area contributed by atoms with E-state index in [1.165, 1.54) is 12.8 Å². The number of hydrogen-bond donors (Lipinski definition) is 2. The third-order valence-electron chi connectivity index (χ3n) is 4.21. The van der Waals surface area contributed by atoms with E-state index in [4.69, 9.17) is 16.3 Å². The standard InChI is InChI=1S/C21H21ClN4O/c1-14-12-20(24-17-6-7-17)26-21(23-14)25-18-8-10-19(11-9-18)27-13-15-2-4-16(22)5-3-15/h2-5,8-12,17H,6-7,13H2,1H3,(H2,23,24,25,26). The van der Waals surface area contributed by atoms with Gasteiger partial charge in [0.2, 0.25) is 5.95 Å². The second-order valence-electron chi connectivity index (χ2n) is 6.70. The van der Waals surface area contributed by atoms with Gasteiger partial charge in [-0.3, -0.25) is 0 Å². The number of halogens is 1. The molecule has 0 unspecified atom stereocenters. The predicted octanol–water partition coefficient (Wildman–Crippen LogP) is 5.34. The van der Waals surface area contributed by atoms with Gasteiger partial charge >= 0.3 is 0 Å². The third-order valence-corrected chi connectivity index (χ3v) is 4.46. The molecule has 3 aromatic rings. The quantitative estimate of drug-likeness (QED) is 0.579. The molecule has 1 heterocycles. The fourth-order valence-electron chi connectivity index (χ4n) is 2.65. The predicted molar refractivity (Wildman–Crippen MR) is 109 cm³/mol. The summed E-state index contributed by atoms with van der Waals surface area (Å²) in [7, 11) is 0. The Morgan fingerprint density at radius 3 is 2.48 bits per heavy atom. The summed E-state index contributed by atoms with van der Waals surface area (Å²) in [5.74, 6) is 2.26. The molecule has 0 spiro atoms. The lowest BCUT2D eigenvalue weighted by molar-refractivity contribution is 0.306. The van der Waals surface area contributed by atoms with E-state index in [-0.39, 0.29) is 0 Å². The summed E-state index contributed by atoms with van der Waals surface area (Å²) >= 11 is 5.90. The number of aryl methyl sites for hydroxylation is 1. The van der Waals surface area contributed by atoms with Crippen molar-refractivity contribution >= 4 is 29.1 Å². The van der Waals surface area contributed by atoms with Gasteiger partial charge in [0.25, 0.3) is 0 Å². The van der Waals surface area contributed by atoms with Crippen LogP contribution in [0, 0.1) is 6.92 Å². The van der Waals surface area contributed by atoms with E-state index in [2.05, 4.69) is 20.6 Å². The molecule has 1 saturated carbocycles. The molecule has 2 N–H and O–H groups in total. The summed E-state index contributed by atoms with van der Waals surface area (Å²) in [6, 6.07) is 17.9. The Labute approximate surface area is 163 Å². The maximum Gasteiger partial charge on any atom is 0.229 e. The Morgan fingerprint density at radius 1 is 1.04 bits per heavy atom. The lowest BCUT2D eigenvalue weighted by Crippen LogP contribution is -2.06. The molecule has 0 bridgehead atoms. The van der Waals surface area contributed by atoms with Crippen LogP contribution in [-0.2, 0) is 6.61 Å². The van der Waals surface area contributed by atoms with Crippen LogP contribution in [0.5, 0.6) is 5.75 Å². The van der Waals surface area contributed by atoms with Crippen LogP contribution in [0.2, 0.25) is 5.02 Å². The molecule has 2 aromatic carbocycles. The van der Waals surface area contributed by atoms with Crippen molar-refractivity contribution in [3.8, 4) is 5.75 Å². The van der Waals surface area contributed by atoms with E-state index < -0.39 is 0 Å². The number of nitrogens with one attached hydrogen (secondary N) is 2. The van der Waals surface area contributed by atoms with E-state index in [0.717, 1.165) is 33.5 Å². The second-order valence-corrected chi connectivity index (χ2v) is 7.14. The minimum Gasteiger partial charge on any atom is -0.489 e. The van der Waals surface area contributed by atoms with Gasteiger partial charge in [-0.15, -0.1) is 0 Å². The van der Waals surface area contributed by atoms with Gasteiger partial charge in [-0.1, -0.05) is 23.7 Å². The molecule has 4 rings (SSSR count). The molecule has 0 atom stereocenters. The minimum atomic E-state index is 0.501. The zero-order valence-electron chi connectivity index (χ0n) is 15.1. The fourth-order valence-corrected chi connectivity index (χ4v) is 2.77. The molecule has 0 aliphatic heterocycles. The normalized spacial score (nSPS) is 13.3. The van der Waals surface area contributed by atoms with Crippen LogP contribution in [0.4, 0.5) is 17.5 Å². The van der Waals surface area contributed by atoms with Crippen LogP contribution in [0.3, 0.4) is 0 Å². The summed E-state index contributed by atoms with van der Waals surface area (Å²) in [4.78, 5) is 9.00. The lowest BCUT2D eigenvalue weighted by atomic mass is 10.2. The zero-order valence-corrected chi connectivity index (χ0v) is 15.8. The SMILES string of the molecule is Cc1cc(NC2CC2)nc(Nc2ccc(OCc3ccc(Cl)cc3)cc2)n1. The molecule has 1 aliphatic rings.